The van der Waals surface area contributed by atoms with Crippen LogP contribution in [0.3, 0.4) is 0 Å². The summed E-state index contributed by atoms with van der Waals surface area (Å²) in [6.45, 7) is 6.49. The summed E-state index contributed by atoms with van der Waals surface area (Å²) in [5.74, 6) is 1.58. The highest BCUT2D eigenvalue weighted by Crippen LogP contribution is 2.36. The van der Waals surface area contributed by atoms with E-state index >= 15 is 0 Å². The van der Waals surface area contributed by atoms with Gasteiger partial charge in [-0.3, -0.25) is 0 Å². The Bertz CT molecular complexity index is 365. The molecule has 18 heavy (non-hydrogen) atoms. The van der Waals surface area contributed by atoms with Crippen molar-refractivity contribution >= 4 is 0 Å². The van der Waals surface area contributed by atoms with Crippen molar-refractivity contribution in [1.82, 2.24) is 9.97 Å². The maximum absolute atomic E-state index is 6.61. The number of aryl methyl sites for hydroxylation is 2. The van der Waals surface area contributed by atoms with E-state index in [9.17, 15) is 0 Å². The summed E-state index contributed by atoms with van der Waals surface area (Å²) in [6.07, 6.45) is 8.49. The van der Waals surface area contributed by atoms with Crippen LogP contribution in [0.4, 0.5) is 0 Å². The Labute approximate surface area is 111 Å². The molecule has 0 radical (unpaired) electrons. The minimum Gasteiger partial charge on any atom is -0.344 e. The van der Waals surface area contributed by atoms with Gasteiger partial charge in [0.05, 0.1) is 11.2 Å². The van der Waals surface area contributed by atoms with Crippen LogP contribution in [-0.4, -0.2) is 9.97 Å². The number of H-pyrrole nitrogens is 1. The molecule has 0 amide bonds. The van der Waals surface area contributed by atoms with Gasteiger partial charge in [0.25, 0.3) is 0 Å². The zero-order valence-electron chi connectivity index (χ0n) is 12.1. The second kappa shape index (κ2) is 5.43. The summed E-state index contributed by atoms with van der Waals surface area (Å²) < 4.78 is 0. The lowest BCUT2D eigenvalue weighted by Crippen LogP contribution is -2.43. The van der Waals surface area contributed by atoms with E-state index in [0.29, 0.717) is 5.92 Å². The second-order valence-corrected chi connectivity index (χ2v) is 5.84. The highest BCUT2D eigenvalue weighted by molar-refractivity contribution is 5.19. The van der Waals surface area contributed by atoms with Crippen molar-refractivity contribution in [1.29, 1.82) is 0 Å². The van der Waals surface area contributed by atoms with E-state index in [1.807, 2.05) is 0 Å². The standard InChI is InChI=1S/C15H27N3/c1-4-12-13(5-2)18-14(17-12)15(3,16)11-9-7-6-8-10-11/h11H,4-10,16H2,1-3H3,(H,17,18). The Hall–Kier alpha value is -0.830. The normalized spacial score (nSPS) is 20.9. The average molecular weight is 249 g/mol. The third kappa shape index (κ3) is 2.46. The number of hydrogen-bond donors (Lipinski definition) is 2. The van der Waals surface area contributed by atoms with Crippen LogP contribution < -0.4 is 5.73 Å². The fourth-order valence-corrected chi connectivity index (χ4v) is 3.18. The Morgan fingerprint density at radius 1 is 1.22 bits per heavy atom. The van der Waals surface area contributed by atoms with E-state index < -0.39 is 0 Å². The van der Waals surface area contributed by atoms with Crippen LogP contribution in [0.15, 0.2) is 0 Å². The highest BCUT2D eigenvalue weighted by Gasteiger charge is 2.35. The number of aromatic nitrogens is 2. The van der Waals surface area contributed by atoms with Crippen LogP contribution in [-0.2, 0) is 18.4 Å². The van der Waals surface area contributed by atoms with Gasteiger partial charge in [0.1, 0.15) is 5.82 Å². The molecule has 1 aliphatic rings. The number of nitrogens with one attached hydrogen (secondary N) is 1. The van der Waals surface area contributed by atoms with Gasteiger partial charge in [0, 0.05) is 5.69 Å². The van der Waals surface area contributed by atoms with Gasteiger partial charge in [-0.25, -0.2) is 4.98 Å². The predicted octanol–water partition coefficient (Wildman–Crippen LogP) is 3.29. The summed E-state index contributed by atoms with van der Waals surface area (Å²) >= 11 is 0. The maximum atomic E-state index is 6.61. The summed E-state index contributed by atoms with van der Waals surface area (Å²) in [5, 5.41) is 0. The number of rotatable bonds is 4. The van der Waals surface area contributed by atoms with E-state index in [0.717, 1.165) is 18.7 Å². The van der Waals surface area contributed by atoms with Gasteiger partial charge in [-0.05, 0) is 38.5 Å². The molecule has 0 aromatic carbocycles. The molecule has 3 N–H and O–H groups in total. The van der Waals surface area contributed by atoms with Crippen molar-refractivity contribution < 1.29 is 0 Å². The number of nitrogens with zero attached hydrogens (tertiary/aromatic N) is 1. The molecule has 1 unspecified atom stereocenters. The predicted molar refractivity (Wildman–Crippen MR) is 75.5 cm³/mol. The van der Waals surface area contributed by atoms with Crippen molar-refractivity contribution in [3.63, 3.8) is 0 Å². The summed E-state index contributed by atoms with van der Waals surface area (Å²) in [6, 6.07) is 0. The minimum absolute atomic E-state index is 0.294. The van der Waals surface area contributed by atoms with Crippen LogP contribution in [0.5, 0.6) is 0 Å². The maximum Gasteiger partial charge on any atom is 0.126 e. The molecule has 2 rings (SSSR count). The number of aromatic amines is 1. The fourth-order valence-electron chi connectivity index (χ4n) is 3.18. The molecule has 0 saturated heterocycles. The van der Waals surface area contributed by atoms with Crippen LogP contribution in [0.25, 0.3) is 0 Å². The minimum atomic E-state index is -0.294. The third-order valence-corrected chi connectivity index (χ3v) is 4.52. The first kappa shape index (κ1) is 13.6. The van der Waals surface area contributed by atoms with E-state index in [-0.39, 0.29) is 5.54 Å². The van der Waals surface area contributed by atoms with Crippen molar-refractivity contribution in [3.05, 3.63) is 17.2 Å². The van der Waals surface area contributed by atoms with Crippen LogP contribution >= 0.6 is 0 Å². The molecular formula is C15H27N3. The summed E-state index contributed by atoms with van der Waals surface area (Å²) in [7, 11) is 0. The molecule has 1 aliphatic carbocycles. The smallest absolute Gasteiger partial charge is 0.126 e. The third-order valence-electron chi connectivity index (χ3n) is 4.52. The molecule has 0 aliphatic heterocycles. The van der Waals surface area contributed by atoms with Crippen molar-refractivity contribution in [3.8, 4) is 0 Å². The Morgan fingerprint density at radius 3 is 2.39 bits per heavy atom. The van der Waals surface area contributed by atoms with Crippen molar-refractivity contribution in [2.75, 3.05) is 0 Å². The lowest BCUT2D eigenvalue weighted by Gasteiger charge is -2.35. The molecule has 0 spiro atoms. The van der Waals surface area contributed by atoms with Gasteiger partial charge >= 0.3 is 0 Å². The first-order chi connectivity index (χ1) is 8.59. The van der Waals surface area contributed by atoms with Gasteiger partial charge in [-0.1, -0.05) is 33.1 Å². The van der Waals surface area contributed by atoms with E-state index in [1.54, 1.807) is 0 Å². The molecule has 1 fully saturated rings. The number of imidazole rings is 1. The zero-order chi connectivity index (χ0) is 13.2. The molecule has 3 nitrogen and oxygen atoms in total. The molecule has 1 atom stereocenters. The van der Waals surface area contributed by atoms with Gasteiger partial charge in [0.15, 0.2) is 0 Å². The topological polar surface area (TPSA) is 54.7 Å². The lowest BCUT2D eigenvalue weighted by atomic mass is 9.76. The molecular weight excluding hydrogens is 222 g/mol. The Morgan fingerprint density at radius 2 is 1.89 bits per heavy atom. The largest absolute Gasteiger partial charge is 0.344 e. The zero-order valence-corrected chi connectivity index (χ0v) is 12.1. The molecule has 1 aromatic rings. The first-order valence-corrected chi connectivity index (χ1v) is 7.46. The lowest BCUT2D eigenvalue weighted by molar-refractivity contribution is 0.215. The van der Waals surface area contributed by atoms with Crippen LogP contribution in [0.2, 0.25) is 0 Å². The van der Waals surface area contributed by atoms with Crippen LogP contribution in [0, 0.1) is 5.92 Å². The molecule has 1 aromatic heterocycles. The van der Waals surface area contributed by atoms with Crippen molar-refractivity contribution in [2.24, 2.45) is 11.7 Å². The Kier molecular flexibility index (Phi) is 4.10. The van der Waals surface area contributed by atoms with Gasteiger partial charge in [-0.15, -0.1) is 0 Å². The molecule has 3 heteroatoms. The van der Waals surface area contributed by atoms with E-state index in [2.05, 4.69) is 25.8 Å². The first-order valence-electron chi connectivity index (χ1n) is 7.46. The monoisotopic (exact) mass is 249 g/mol. The SMILES string of the molecule is CCc1nc(C(C)(N)C2CCCCC2)[nH]c1CC. The molecule has 1 heterocycles. The summed E-state index contributed by atoms with van der Waals surface area (Å²) in [4.78, 5) is 8.25. The van der Waals surface area contributed by atoms with Crippen LogP contribution in [0.1, 0.15) is 70.1 Å². The molecule has 1 saturated carbocycles. The number of hydrogen-bond acceptors (Lipinski definition) is 2. The van der Waals surface area contributed by atoms with Gasteiger partial charge in [-0.2, -0.15) is 0 Å². The van der Waals surface area contributed by atoms with E-state index in [4.69, 9.17) is 10.7 Å². The van der Waals surface area contributed by atoms with Gasteiger partial charge < -0.3 is 10.7 Å². The van der Waals surface area contributed by atoms with Gasteiger partial charge in [0.2, 0.25) is 0 Å². The summed E-state index contributed by atoms with van der Waals surface area (Å²) in [5.41, 5.74) is 8.78. The van der Waals surface area contributed by atoms with Crippen molar-refractivity contribution in [2.45, 2.75) is 71.3 Å². The highest BCUT2D eigenvalue weighted by atomic mass is 15.0. The second-order valence-electron chi connectivity index (χ2n) is 5.84. The molecule has 102 valence electrons. The molecule has 0 bridgehead atoms. The quantitative estimate of drug-likeness (QED) is 0.860. The number of nitrogens with two attached hydrogens (primary N) is 1. The van der Waals surface area contributed by atoms with E-state index in [1.165, 1.54) is 43.5 Å². The Balaban J connectivity index is 2.24. The fraction of sp³-hybridized carbons (Fsp3) is 0.800. The average Bonchev–Trinajstić information content (AvgIpc) is 2.83.